The van der Waals surface area contributed by atoms with Gasteiger partial charge in [0.1, 0.15) is 6.33 Å². The SMILES string of the molecule is Cc1ccc(C)c(Cn2ncnc2N)c1. The highest BCUT2D eigenvalue weighted by Gasteiger charge is 2.03. The number of nitrogens with two attached hydrogens (primary N) is 1. The Bertz CT molecular complexity index is 473. The van der Waals surface area contributed by atoms with Crippen LogP contribution in [0.5, 0.6) is 0 Å². The average molecular weight is 202 g/mol. The van der Waals surface area contributed by atoms with E-state index in [-0.39, 0.29) is 0 Å². The number of hydrogen-bond donors (Lipinski definition) is 1. The second-order valence-electron chi connectivity index (χ2n) is 3.71. The number of aryl methyl sites for hydroxylation is 2. The van der Waals surface area contributed by atoms with E-state index in [1.165, 1.54) is 23.0 Å². The zero-order valence-electron chi connectivity index (χ0n) is 8.94. The van der Waals surface area contributed by atoms with E-state index in [1.54, 1.807) is 4.68 Å². The van der Waals surface area contributed by atoms with Crippen LogP contribution in [0, 0.1) is 13.8 Å². The standard InChI is InChI=1S/C11H14N4/c1-8-3-4-9(2)10(5-8)6-15-11(12)13-7-14-15/h3-5,7H,6H2,1-2H3,(H2,12,13,14). The van der Waals surface area contributed by atoms with Crippen molar-refractivity contribution in [1.29, 1.82) is 0 Å². The lowest BCUT2D eigenvalue weighted by Crippen LogP contribution is -2.07. The highest BCUT2D eigenvalue weighted by Crippen LogP contribution is 2.12. The summed E-state index contributed by atoms with van der Waals surface area (Å²) in [5.41, 5.74) is 9.39. The van der Waals surface area contributed by atoms with Crippen molar-refractivity contribution in [2.45, 2.75) is 20.4 Å². The van der Waals surface area contributed by atoms with Crippen LogP contribution in [0.3, 0.4) is 0 Å². The molecule has 0 amide bonds. The number of aromatic nitrogens is 3. The zero-order chi connectivity index (χ0) is 10.8. The molecule has 0 aliphatic carbocycles. The van der Waals surface area contributed by atoms with Gasteiger partial charge in [-0.15, -0.1) is 0 Å². The van der Waals surface area contributed by atoms with E-state index in [2.05, 4.69) is 42.1 Å². The second kappa shape index (κ2) is 3.73. The van der Waals surface area contributed by atoms with Gasteiger partial charge in [-0.2, -0.15) is 5.10 Å². The molecule has 15 heavy (non-hydrogen) atoms. The lowest BCUT2D eigenvalue weighted by atomic mass is 10.1. The van der Waals surface area contributed by atoms with Gasteiger partial charge < -0.3 is 5.73 Å². The number of anilines is 1. The van der Waals surface area contributed by atoms with Crippen molar-refractivity contribution in [3.05, 3.63) is 41.2 Å². The van der Waals surface area contributed by atoms with Crippen molar-refractivity contribution in [3.8, 4) is 0 Å². The molecule has 0 unspecified atom stereocenters. The van der Waals surface area contributed by atoms with Gasteiger partial charge in [0.15, 0.2) is 0 Å². The predicted octanol–water partition coefficient (Wildman–Crippen LogP) is 1.53. The van der Waals surface area contributed by atoms with Crippen LogP contribution in [0.2, 0.25) is 0 Å². The van der Waals surface area contributed by atoms with E-state index in [0.29, 0.717) is 12.5 Å². The maximum atomic E-state index is 5.67. The number of rotatable bonds is 2. The van der Waals surface area contributed by atoms with Crippen molar-refractivity contribution in [2.75, 3.05) is 5.73 Å². The minimum absolute atomic E-state index is 0.455. The van der Waals surface area contributed by atoms with Gasteiger partial charge in [-0.1, -0.05) is 23.8 Å². The van der Waals surface area contributed by atoms with Crippen LogP contribution in [0.25, 0.3) is 0 Å². The van der Waals surface area contributed by atoms with Crippen molar-refractivity contribution in [2.24, 2.45) is 0 Å². The molecule has 0 spiro atoms. The van der Waals surface area contributed by atoms with Crippen LogP contribution in [0.15, 0.2) is 24.5 Å². The Kier molecular flexibility index (Phi) is 2.41. The molecule has 1 heterocycles. The summed E-state index contributed by atoms with van der Waals surface area (Å²) in [6.07, 6.45) is 1.47. The summed E-state index contributed by atoms with van der Waals surface area (Å²) in [4.78, 5) is 3.89. The van der Waals surface area contributed by atoms with Gasteiger partial charge in [-0.25, -0.2) is 9.67 Å². The topological polar surface area (TPSA) is 56.7 Å². The number of nitrogen functional groups attached to an aromatic ring is 1. The van der Waals surface area contributed by atoms with Crippen LogP contribution in [-0.4, -0.2) is 14.8 Å². The third-order valence-electron chi connectivity index (χ3n) is 2.47. The Labute approximate surface area is 88.8 Å². The number of benzene rings is 1. The molecular formula is C11H14N4. The second-order valence-corrected chi connectivity index (χ2v) is 3.71. The highest BCUT2D eigenvalue weighted by molar-refractivity contribution is 5.31. The third kappa shape index (κ3) is 1.98. The molecular weight excluding hydrogens is 188 g/mol. The average Bonchev–Trinajstić information content (AvgIpc) is 2.58. The maximum absolute atomic E-state index is 5.67. The van der Waals surface area contributed by atoms with Crippen molar-refractivity contribution in [3.63, 3.8) is 0 Å². The summed E-state index contributed by atoms with van der Waals surface area (Å²) in [6, 6.07) is 6.36. The molecule has 2 rings (SSSR count). The van der Waals surface area contributed by atoms with Gasteiger partial charge in [-0.3, -0.25) is 0 Å². The molecule has 2 N–H and O–H groups in total. The fourth-order valence-electron chi connectivity index (χ4n) is 1.53. The summed E-state index contributed by atoms with van der Waals surface area (Å²) < 4.78 is 1.70. The van der Waals surface area contributed by atoms with Crippen LogP contribution < -0.4 is 5.73 Å². The Balaban J connectivity index is 2.32. The molecule has 0 aliphatic rings. The zero-order valence-corrected chi connectivity index (χ0v) is 8.94. The first-order chi connectivity index (χ1) is 7.16. The smallest absolute Gasteiger partial charge is 0.218 e. The van der Waals surface area contributed by atoms with E-state index in [4.69, 9.17) is 5.73 Å². The first kappa shape index (κ1) is 9.71. The van der Waals surface area contributed by atoms with E-state index in [0.717, 1.165) is 0 Å². The quantitative estimate of drug-likeness (QED) is 0.803. The molecule has 4 nitrogen and oxygen atoms in total. The molecule has 2 aromatic rings. The fraction of sp³-hybridized carbons (Fsp3) is 0.273. The summed E-state index contributed by atoms with van der Waals surface area (Å²) in [6.45, 7) is 4.84. The van der Waals surface area contributed by atoms with Crippen LogP contribution in [0.4, 0.5) is 5.95 Å². The molecule has 0 saturated carbocycles. The minimum Gasteiger partial charge on any atom is -0.368 e. The molecule has 1 aromatic heterocycles. The Morgan fingerprint density at radius 2 is 2.13 bits per heavy atom. The molecule has 0 aliphatic heterocycles. The van der Waals surface area contributed by atoms with Gasteiger partial charge in [0, 0.05) is 0 Å². The first-order valence-corrected chi connectivity index (χ1v) is 4.86. The Hall–Kier alpha value is -1.84. The van der Waals surface area contributed by atoms with Gasteiger partial charge in [0.2, 0.25) is 5.95 Å². The molecule has 0 fully saturated rings. The third-order valence-corrected chi connectivity index (χ3v) is 2.47. The number of nitrogens with zero attached hydrogens (tertiary/aromatic N) is 3. The van der Waals surface area contributed by atoms with Crippen molar-refractivity contribution in [1.82, 2.24) is 14.8 Å². The monoisotopic (exact) mass is 202 g/mol. The van der Waals surface area contributed by atoms with Gasteiger partial charge in [-0.05, 0) is 25.0 Å². The van der Waals surface area contributed by atoms with Gasteiger partial charge >= 0.3 is 0 Å². The molecule has 0 saturated heterocycles. The molecule has 0 atom stereocenters. The van der Waals surface area contributed by atoms with Crippen molar-refractivity contribution < 1.29 is 0 Å². The predicted molar refractivity (Wildman–Crippen MR) is 59.5 cm³/mol. The van der Waals surface area contributed by atoms with E-state index in [1.807, 2.05) is 0 Å². The van der Waals surface area contributed by atoms with Crippen molar-refractivity contribution >= 4 is 5.95 Å². The first-order valence-electron chi connectivity index (χ1n) is 4.86. The van der Waals surface area contributed by atoms with Crippen LogP contribution >= 0.6 is 0 Å². The summed E-state index contributed by atoms with van der Waals surface area (Å²) in [5, 5.41) is 4.06. The largest absolute Gasteiger partial charge is 0.368 e. The lowest BCUT2D eigenvalue weighted by molar-refractivity contribution is 0.693. The minimum atomic E-state index is 0.455. The summed E-state index contributed by atoms with van der Waals surface area (Å²) in [5.74, 6) is 0.455. The maximum Gasteiger partial charge on any atom is 0.218 e. The highest BCUT2D eigenvalue weighted by atomic mass is 15.4. The van der Waals surface area contributed by atoms with Crippen LogP contribution in [0.1, 0.15) is 16.7 Å². The van der Waals surface area contributed by atoms with E-state index in [9.17, 15) is 0 Å². The van der Waals surface area contributed by atoms with Crippen LogP contribution in [-0.2, 0) is 6.54 Å². The van der Waals surface area contributed by atoms with Gasteiger partial charge in [0.25, 0.3) is 0 Å². The summed E-state index contributed by atoms with van der Waals surface area (Å²) >= 11 is 0. The molecule has 0 bridgehead atoms. The lowest BCUT2D eigenvalue weighted by Gasteiger charge is -2.07. The summed E-state index contributed by atoms with van der Waals surface area (Å²) in [7, 11) is 0. The molecule has 0 radical (unpaired) electrons. The Morgan fingerprint density at radius 3 is 2.80 bits per heavy atom. The molecule has 78 valence electrons. The van der Waals surface area contributed by atoms with E-state index >= 15 is 0 Å². The van der Waals surface area contributed by atoms with Gasteiger partial charge in [0.05, 0.1) is 6.54 Å². The molecule has 4 heteroatoms. The number of hydrogen-bond acceptors (Lipinski definition) is 3. The fourth-order valence-corrected chi connectivity index (χ4v) is 1.53. The van der Waals surface area contributed by atoms with E-state index < -0.39 is 0 Å². The Morgan fingerprint density at radius 1 is 1.33 bits per heavy atom. The normalized spacial score (nSPS) is 10.5. The molecule has 1 aromatic carbocycles.